The molecule has 0 aliphatic carbocycles. The van der Waals surface area contributed by atoms with E-state index in [1.165, 1.54) is 0 Å². The lowest BCUT2D eigenvalue weighted by atomic mass is 10.3. The van der Waals surface area contributed by atoms with E-state index in [4.69, 9.17) is 5.84 Å². The topological polar surface area (TPSA) is 63.8 Å². The van der Waals surface area contributed by atoms with Gasteiger partial charge < -0.3 is 5.43 Å². The van der Waals surface area contributed by atoms with Gasteiger partial charge in [0.15, 0.2) is 0 Å². The van der Waals surface area contributed by atoms with Crippen molar-refractivity contribution in [2.75, 3.05) is 5.43 Å². The van der Waals surface area contributed by atoms with E-state index in [1.807, 2.05) is 24.4 Å². The molecular weight excluding hydrogens is 240 g/mol. The molecule has 6 heteroatoms. The smallest absolute Gasteiger partial charge is 0.150 e. The van der Waals surface area contributed by atoms with Gasteiger partial charge in [0.1, 0.15) is 10.2 Å². The van der Waals surface area contributed by atoms with E-state index < -0.39 is 0 Å². The summed E-state index contributed by atoms with van der Waals surface area (Å²) in [6.45, 7) is 2.00. The van der Waals surface area contributed by atoms with Gasteiger partial charge >= 0.3 is 0 Å². The summed E-state index contributed by atoms with van der Waals surface area (Å²) < 4.78 is 1.07. The zero-order valence-electron chi connectivity index (χ0n) is 8.80. The highest BCUT2D eigenvalue weighted by Crippen LogP contribution is 2.27. The van der Waals surface area contributed by atoms with Crippen molar-refractivity contribution in [3.8, 4) is 0 Å². The molecule has 4 nitrogen and oxygen atoms in total. The molecule has 2 aromatic rings. The van der Waals surface area contributed by atoms with Crippen LogP contribution in [0.2, 0.25) is 0 Å². The number of thiazole rings is 1. The monoisotopic (exact) mass is 252 g/mol. The first kappa shape index (κ1) is 11.4. The molecule has 0 atom stereocenters. The van der Waals surface area contributed by atoms with Crippen molar-refractivity contribution in [2.45, 2.75) is 17.0 Å². The number of hydrogen-bond acceptors (Lipinski definition) is 6. The molecule has 0 aliphatic rings. The van der Waals surface area contributed by atoms with Crippen LogP contribution < -0.4 is 11.3 Å². The molecule has 0 radical (unpaired) electrons. The number of pyridine rings is 1. The summed E-state index contributed by atoms with van der Waals surface area (Å²) in [5.74, 6) is 6.93. The van der Waals surface area contributed by atoms with Crippen LogP contribution in [0.1, 0.15) is 11.3 Å². The van der Waals surface area contributed by atoms with Crippen molar-refractivity contribution < 1.29 is 0 Å². The molecule has 0 fully saturated rings. The second-order valence-electron chi connectivity index (χ2n) is 3.20. The van der Waals surface area contributed by atoms with E-state index in [2.05, 4.69) is 15.4 Å². The summed E-state index contributed by atoms with van der Waals surface area (Å²) in [4.78, 5) is 8.54. The number of rotatable bonds is 4. The Bertz CT molecular complexity index is 469. The van der Waals surface area contributed by atoms with Gasteiger partial charge in [0.05, 0.1) is 0 Å². The van der Waals surface area contributed by atoms with Crippen molar-refractivity contribution in [1.82, 2.24) is 9.97 Å². The van der Waals surface area contributed by atoms with Gasteiger partial charge in [-0.1, -0.05) is 17.8 Å². The molecule has 2 aromatic heterocycles. The Labute approximate surface area is 102 Å². The third-order valence-corrected chi connectivity index (χ3v) is 4.16. The van der Waals surface area contributed by atoms with Gasteiger partial charge in [-0.05, 0) is 13.0 Å². The first-order valence-electron chi connectivity index (χ1n) is 4.75. The fraction of sp³-hybridized carbons (Fsp3) is 0.200. The number of aryl methyl sites for hydroxylation is 1. The molecule has 0 spiro atoms. The minimum atomic E-state index is 0.725. The van der Waals surface area contributed by atoms with E-state index in [0.717, 1.165) is 27.2 Å². The Hall–Kier alpha value is -1.11. The quantitative estimate of drug-likeness (QED) is 0.497. The van der Waals surface area contributed by atoms with Crippen LogP contribution in [0.15, 0.2) is 28.0 Å². The Morgan fingerprint density at radius 1 is 1.56 bits per heavy atom. The van der Waals surface area contributed by atoms with Crippen LogP contribution in [-0.2, 0) is 5.75 Å². The maximum absolute atomic E-state index is 5.39. The Balaban J connectivity index is 2.04. The van der Waals surface area contributed by atoms with Crippen molar-refractivity contribution in [3.05, 3.63) is 35.0 Å². The minimum absolute atomic E-state index is 0.725. The highest BCUT2D eigenvalue weighted by atomic mass is 32.2. The zero-order chi connectivity index (χ0) is 11.4. The van der Waals surface area contributed by atoms with Gasteiger partial charge in [-0.2, -0.15) is 0 Å². The van der Waals surface area contributed by atoms with Gasteiger partial charge in [-0.3, -0.25) is 0 Å². The maximum Gasteiger partial charge on any atom is 0.150 e. The molecule has 0 aromatic carbocycles. The summed E-state index contributed by atoms with van der Waals surface area (Å²) >= 11 is 3.36. The van der Waals surface area contributed by atoms with Gasteiger partial charge in [0.25, 0.3) is 0 Å². The van der Waals surface area contributed by atoms with E-state index in [0.29, 0.717) is 0 Å². The average Bonchev–Trinajstić information content (AvgIpc) is 2.73. The molecule has 2 heterocycles. The fourth-order valence-corrected chi connectivity index (χ4v) is 3.06. The highest BCUT2D eigenvalue weighted by Gasteiger charge is 2.04. The van der Waals surface area contributed by atoms with Crippen LogP contribution >= 0.6 is 23.1 Å². The Morgan fingerprint density at radius 3 is 3.12 bits per heavy atom. The van der Waals surface area contributed by atoms with E-state index >= 15 is 0 Å². The number of nitrogen functional groups attached to an aromatic ring is 1. The first-order valence-corrected chi connectivity index (χ1v) is 6.61. The van der Waals surface area contributed by atoms with Gasteiger partial charge in [0.2, 0.25) is 0 Å². The number of nitrogens with two attached hydrogens (primary N) is 1. The van der Waals surface area contributed by atoms with Crippen LogP contribution in [0.4, 0.5) is 5.82 Å². The predicted molar refractivity (Wildman–Crippen MR) is 68.5 cm³/mol. The number of thioether (sulfide) groups is 1. The van der Waals surface area contributed by atoms with Gasteiger partial charge in [-0.25, -0.2) is 15.8 Å². The number of hydrogen-bond donors (Lipinski definition) is 2. The summed E-state index contributed by atoms with van der Waals surface area (Å²) in [6.07, 6.45) is 1.72. The first-order chi connectivity index (χ1) is 7.79. The second kappa shape index (κ2) is 5.29. The Morgan fingerprint density at radius 2 is 2.44 bits per heavy atom. The number of aromatic nitrogens is 2. The number of nitrogens with one attached hydrogen (secondary N) is 1. The van der Waals surface area contributed by atoms with Crippen molar-refractivity contribution in [1.29, 1.82) is 0 Å². The average molecular weight is 252 g/mol. The van der Waals surface area contributed by atoms with Gasteiger partial charge in [0, 0.05) is 28.6 Å². The maximum atomic E-state index is 5.39. The number of hydrazine groups is 1. The molecule has 0 saturated carbocycles. The molecule has 2 rings (SSSR count). The molecule has 3 N–H and O–H groups in total. The predicted octanol–water partition coefficient (Wildman–Crippen LogP) is 2.42. The van der Waals surface area contributed by atoms with Gasteiger partial charge in [-0.15, -0.1) is 11.3 Å². The zero-order valence-corrected chi connectivity index (χ0v) is 10.4. The second-order valence-corrected chi connectivity index (χ2v) is 5.28. The molecular formula is C10H12N4S2. The van der Waals surface area contributed by atoms with E-state index in [9.17, 15) is 0 Å². The normalized spacial score (nSPS) is 10.4. The lowest BCUT2D eigenvalue weighted by Crippen LogP contribution is -2.10. The third kappa shape index (κ3) is 2.72. The summed E-state index contributed by atoms with van der Waals surface area (Å²) in [5.41, 5.74) is 4.75. The molecule has 0 saturated heterocycles. The van der Waals surface area contributed by atoms with Crippen molar-refractivity contribution in [3.63, 3.8) is 0 Å². The van der Waals surface area contributed by atoms with Crippen molar-refractivity contribution >= 4 is 28.9 Å². The Kier molecular flexibility index (Phi) is 3.76. The van der Waals surface area contributed by atoms with Crippen LogP contribution in [0, 0.1) is 6.92 Å². The lowest BCUT2D eigenvalue weighted by Gasteiger charge is -2.05. The number of anilines is 1. The summed E-state index contributed by atoms with van der Waals surface area (Å²) in [7, 11) is 0. The molecule has 84 valence electrons. The van der Waals surface area contributed by atoms with E-state index in [-0.39, 0.29) is 0 Å². The third-order valence-electron chi connectivity index (χ3n) is 1.98. The molecule has 16 heavy (non-hydrogen) atoms. The molecule has 0 amide bonds. The number of nitrogens with zero attached hydrogens (tertiary/aromatic N) is 2. The van der Waals surface area contributed by atoms with Crippen LogP contribution in [0.25, 0.3) is 0 Å². The SMILES string of the molecule is Cc1csc(SCc2cccnc2NN)n1. The van der Waals surface area contributed by atoms with Crippen LogP contribution in [0.5, 0.6) is 0 Å². The lowest BCUT2D eigenvalue weighted by molar-refractivity contribution is 1.15. The summed E-state index contributed by atoms with van der Waals surface area (Å²) in [5, 5.41) is 2.05. The van der Waals surface area contributed by atoms with Crippen molar-refractivity contribution in [2.24, 2.45) is 5.84 Å². The van der Waals surface area contributed by atoms with E-state index in [1.54, 1.807) is 29.3 Å². The molecule has 0 aliphatic heterocycles. The minimum Gasteiger partial charge on any atom is -0.308 e. The fourth-order valence-electron chi connectivity index (χ4n) is 1.22. The highest BCUT2D eigenvalue weighted by molar-refractivity contribution is 8.00. The standard InChI is InChI=1S/C10H12N4S2/c1-7-5-15-10(13-7)16-6-8-3-2-4-12-9(8)14-11/h2-5H,6,11H2,1H3,(H,12,14). The largest absolute Gasteiger partial charge is 0.308 e. The van der Waals surface area contributed by atoms with Crippen LogP contribution in [-0.4, -0.2) is 9.97 Å². The molecule has 0 bridgehead atoms. The van der Waals surface area contributed by atoms with Crippen LogP contribution in [0.3, 0.4) is 0 Å². The summed E-state index contributed by atoms with van der Waals surface area (Å²) in [6, 6.07) is 3.92. The molecule has 0 unspecified atom stereocenters.